The monoisotopic (exact) mass is 338 g/mol. The zero-order valence-corrected chi connectivity index (χ0v) is 13.4. The maximum absolute atomic E-state index is 11.6. The summed E-state index contributed by atoms with van der Waals surface area (Å²) in [7, 11) is -3.00. The zero-order chi connectivity index (χ0) is 13.2. The molecule has 2 rings (SSSR count). The van der Waals surface area contributed by atoms with Gasteiger partial charge in [0.1, 0.15) is 0 Å². The average Bonchev–Trinajstić information content (AvgIpc) is 2.28. The Bertz CT molecular complexity index is 374. The predicted molar refractivity (Wildman–Crippen MR) is 77.5 cm³/mol. The summed E-state index contributed by atoms with van der Waals surface area (Å²) in [5.74, 6) is 0.506. The first-order chi connectivity index (χ1) is 8.45. The predicted octanol–water partition coefficient (Wildman–Crippen LogP) is 1.52. The lowest BCUT2D eigenvalue weighted by Crippen LogP contribution is -2.45. The Balaban J connectivity index is 1.86. The van der Waals surface area contributed by atoms with Gasteiger partial charge in [-0.1, -0.05) is 15.9 Å². The van der Waals surface area contributed by atoms with Gasteiger partial charge in [0.15, 0.2) is 0 Å². The summed E-state index contributed by atoms with van der Waals surface area (Å²) < 4.78 is 24.8. The van der Waals surface area contributed by atoms with E-state index in [2.05, 4.69) is 20.8 Å². The lowest BCUT2D eigenvalue weighted by molar-refractivity contribution is 0.161. The van der Waals surface area contributed by atoms with Gasteiger partial charge in [0.25, 0.3) is 0 Å². The molecular weight excluding hydrogens is 316 g/mol. The van der Waals surface area contributed by atoms with Gasteiger partial charge in [0, 0.05) is 31.0 Å². The third-order valence-electron chi connectivity index (χ3n) is 3.92. The molecule has 0 aromatic carbocycles. The summed E-state index contributed by atoms with van der Waals surface area (Å²) in [6.07, 6.45) is 6.00. The highest BCUT2D eigenvalue weighted by atomic mass is 79.9. The molecule has 0 amide bonds. The normalized spacial score (nSPS) is 32.6. The number of hydrogen-bond acceptors (Lipinski definition) is 3. The summed E-state index contributed by atoms with van der Waals surface area (Å²) in [5, 5.41) is 0. The van der Waals surface area contributed by atoms with Crippen LogP contribution in [0.4, 0.5) is 0 Å². The van der Waals surface area contributed by atoms with Crippen molar-refractivity contribution in [3.8, 4) is 0 Å². The lowest BCUT2D eigenvalue weighted by Gasteiger charge is -2.36. The number of hydrogen-bond donors (Lipinski definition) is 0. The zero-order valence-electron chi connectivity index (χ0n) is 11.0. The Morgan fingerprint density at radius 2 is 1.89 bits per heavy atom. The summed E-state index contributed by atoms with van der Waals surface area (Å²) in [6, 6.07) is 0. The molecule has 6 heteroatoms. The van der Waals surface area contributed by atoms with Gasteiger partial charge in [0.2, 0.25) is 10.0 Å². The number of halogens is 1. The highest BCUT2D eigenvalue weighted by molar-refractivity contribution is 9.09. The Morgan fingerprint density at radius 3 is 2.56 bits per heavy atom. The third kappa shape index (κ3) is 4.18. The maximum Gasteiger partial charge on any atom is 0.211 e. The molecule has 4 nitrogen and oxygen atoms in total. The molecule has 0 saturated carbocycles. The van der Waals surface area contributed by atoms with Crippen LogP contribution < -0.4 is 0 Å². The first kappa shape index (κ1) is 14.8. The van der Waals surface area contributed by atoms with E-state index in [1.165, 1.54) is 19.1 Å². The number of alkyl halides is 1. The second-order valence-corrected chi connectivity index (χ2v) is 8.91. The molecule has 2 aliphatic heterocycles. The van der Waals surface area contributed by atoms with Crippen molar-refractivity contribution in [1.82, 2.24) is 9.21 Å². The van der Waals surface area contributed by atoms with Crippen molar-refractivity contribution in [3.63, 3.8) is 0 Å². The second-order valence-electron chi connectivity index (χ2n) is 5.63. The van der Waals surface area contributed by atoms with Crippen LogP contribution in [0.3, 0.4) is 0 Å². The maximum atomic E-state index is 11.6. The molecule has 0 radical (unpaired) electrons. The minimum absolute atomic E-state index is 0.506. The number of likely N-dealkylation sites (tertiary alicyclic amines) is 1. The molecule has 2 unspecified atom stereocenters. The number of nitrogens with zero attached hydrogens (tertiary/aromatic N) is 2. The molecule has 2 saturated heterocycles. The van der Waals surface area contributed by atoms with Gasteiger partial charge in [-0.25, -0.2) is 12.7 Å². The van der Waals surface area contributed by atoms with Crippen LogP contribution in [-0.2, 0) is 10.0 Å². The Hall–Kier alpha value is 0.350. The number of sulfonamides is 1. The SMILES string of the molecule is CS(=O)(=O)N1CCCC(CN2CCCC(Br)C2)C1. The van der Waals surface area contributed by atoms with Crippen LogP contribution >= 0.6 is 15.9 Å². The van der Waals surface area contributed by atoms with Crippen molar-refractivity contribution in [1.29, 1.82) is 0 Å². The van der Waals surface area contributed by atoms with E-state index in [4.69, 9.17) is 0 Å². The molecule has 2 aliphatic rings. The van der Waals surface area contributed by atoms with Crippen LogP contribution in [0.1, 0.15) is 25.7 Å². The van der Waals surface area contributed by atoms with Gasteiger partial charge in [-0.2, -0.15) is 0 Å². The third-order valence-corrected chi connectivity index (χ3v) is 5.93. The van der Waals surface area contributed by atoms with Crippen LogP contribution in [0.5, 0.6) is 0 Å². The van der Waals surface area contributed by atoms with Crippen LogP contribution in [0.2, 0.25) is 0 Å². The highest BCUT2D eigenvalue weighted by Crippen LogP contribution is 2.23. The molecule has 0 aromatic heterocycles. The van der Waals surface area contributed by atoms with Crippen LogP contribution in [0.25, 0.3) is 0 Å². The highest BCUT2D eigenvalue weighted by Gasteiger charge is 2.28. The summed E-state index contributed by atoms with van der Waals surface area (Å²) >= 11 is 3.69. The van der Waals surface area contributed by atoms with Gasteiger partial charge in [0.05, 0.1) is 6.26 Å². The molecule has 2 atom stereocenters. The van der Waals surface area contributed by atoms with E-state index in [1.54, 1.807) is 4.31 Å². The minimum Gasteiger partial charge on any atom is -0.302 e. The van der Waals surface area contributed by atoms with Crippen LogP contribution in [0, 0.1) is 5.92 Å². The van der Waals surface area contributed by atoms with E-state index in [1.807, 2.05) is 0 Å². The minimum atomic E-state index is -3.00. The van der Waals surface area contributed by atoms with E-state index in [0.29, 0.717) is 23.8 Å². The van der Waals surface area contributed by atoms with E-state index in [0.717, 1.165) is 32.5 Å². The first-order valence-electron chi connectivity index (χ1n) is 6.76. The molecule has 106 valence electrons. The standard InChI is InChI=1S/C12H23BrN2O2S/c1-18(16,17)15-7-2-4-11(9-15)8-14-6-3-5-12(13)10-14/h11-12H,2-10H2,1H3. The molecule has 2 heterocycles. The topological polar surface area (TPSA) is 40.6 Å². The van der Waals surface area contributed by atoms with Crippen molar-refractivity contribution >= 4 is 26.0 Å². The number of rotatable bonds is 3. The molecule has 0 N–H and O–H groups in total. The van der Waals surface area contributed by atoms with Gasteiger partial charge < -0.3 is 4.90 Å². The van der Waals surface area contributed by atoms with Crippen LogP contribution in [0.15, 0.2) is 0 Å². The summed E-state index contributed by atoms with van der Waals surface area (Å²) in [6.45, 7) is 4.74. The molecule has 0 spiro atoms. The lowest BCUT2D eigenvalue weighted by atomic mass is 9.98. The quantitative estimate of drug-likeness (QED) is 0.732. The Kier molecular flexibility index (Phi) is 5.08. The molecule has 18 heavy (non-hydrogen) atoms. The summed E-state index contributed by atoms with van der Waals surface area (Å²) in [4.78, 5) is 3.10. The first-order valence-corrected chi connectivity index (χ1v) is 9.53. The largest absolute Gasteiger partial charge is 0.302 e. The fourth-order valence-electron chi connectivity index (χ4n) is 3.01. The average molecular weight is 339 g/mol. The van der Waals surface area contributed by atoms with Crippen molar-refractivity contribution in [2.45, 2.75) is 30.5 Å². The fourth-order valence-corrected chi connectivity index (χ4v) is 4.68. The fraction of sp³-hybridized carbons (Fsp3) is 1.00. The van der Waals surface area contributed by atoms with Gasteiger partial charge in [-0.3, -0.25) is 0 Å². The van der Waals surface area contributed by atoms with Gasteiger partial charge in [-0.15, -0.1) is 0 Å². The van der Waals surface area contributed by atoms with Gasteiger partial charge in [-0.05, 0) is 38.1 Å². The smallest absolute Gasteiger partial charge is 0.211 e. The van der Waals surface area contributed by atoms with E-state index < -0.39 is 10.0 Å². The van der Waals surface area contributed by atoms with Crippen LogP contribution in [-0.4, -0.2) is 61.4 Å². The molecular formula is C12H23BrN2O2S. The second kappa shape index (κ2) is 6.20. The Morgan fingerprint density at radius 1 is 1.17 bits per heavy atom. The summed E-state index contributed by atoms with van der Waals surface area (Å²) in [5.41, 5.74) is 0. The van der Waals surface area contributed by atoms with E-state index in [-0.39, 0.29) is 0 Å². The molecule has 0 aromatic rings. The Labute approximate surface area is 119 Å². The van der Waals surface area contributed by atoms with Crippen molar-refractivity contribution in [2.24, 2.45) is 5.92 Å². The van der Waals surface area contributed by atoms with E-state index >= 15 is 0 Å². The number of piperidine rings is 2. The van der Waals surface area contributed by atoms with Crippen molar-refractivity contribution in [2.75, 3.05) is 39.0 Å². The van der Waals surface area contributed by atoms with Crippen molar-refractivity contribution in [3.05, 3.63) is 0 Å². The van der Waals surface area contributed by atoms with Crippen molar-refractivity contribution < 1.29 is 8.42 Å². The van der Waals surface area contributed by atoms with E-state index in [9.17, 15) is 8.42 Å². The molecule has 0 aliphatic carbocycles. The van der Waals surface area contributed by atoms with Gasteiger partial charge >= 0.3 is 0 Å². The molecule has 0 bridgehead atoms. The molecule has 2 fully saturated rings.